The van der Waals surface area contributed by atoms with Gasteiger partial charge in [-0.05, 0) is 58.7 Å². The van der Waals surface area contributed by atoms with Crippen LogP contribution in [0.4, 0.5) is 26.3 Å². The van der Waals surface area contributed by atoms with Gasteiger partial charge in [0.2, 0.25) is 0 Å². The van der Waals surface area contributed by atoms with Gasteiger partial charge in [0.1, 0.15) is 0 Å². The van der Waals surface area contributed by atoms with Gasteiger partial charge in [0.05, 0.1) is 17.2 Å². The lowest BCUT2D eigenvalue weighted by Gasteiger charge is -2.30. The minimum Gasteiger partial charge on any atom is -0.285 e. The molecular formula is C21H19F6N5. The average molecular weight is 455 g/mol. The fourth-order valence-electron chi connectivity index (χ4n) is 4.03. The first-order valence-corrected chi connectivity index (χ1v) is 9.88. The van der Waals surface area contributed by atoms with E-state index >= 15 is 0 Å². The molecule has 1 aliphatic rings. The van der Waals surface area contributed by atoms with E-state index in [1.165, 1.54) is 0 Å². The molecule has 1 aliphatic heterocycles. The highest BCUT2D eigenvalue weighted by molar-refractivity contribution is 5.36. The standard InChI is InChI=1S/C21H19F6N5/c1-13-5-2-3-6-17(13)18-19-28-29-30-32(19)8-4-7-31(18)12-14-9-15(20(22,23)24)11-16(10-14)21(25,26)27/h2-3,5-6,9-11,18H,4,7-8,12H2,1H3. The van der Waals surface area contributed by atoms with Crippen molar-refractivity contribution >= 4 is 0 Å². The number of hydrogen-bond acceptors (Lipinski definition) is 4. The molecule has 0 aliphatic carbocycles. The zero-order chi connectivity index (χ0) is 23.1. The molecule has 2 heterocycles. The van der Waals surface area contributed by atoms with E-state index < -0.39 is 29.5 Å². The van der Waals surface area contributed by atoms with E-state index in [1.807, 2.05) is 36.1 Å². The molecule has 0 N–H and O–H groups in total. The Hall–Kier alpha value is -2.95. The molecule has 32 heavy (non-hydrogen) atoms. The van der Waals surface area contributed by atoms with Crippen molar-refractivity contribution < 1.29 is 26.3 Å². The highest BCUT2D eigenvalue weighted by Crippen LogP contribution is 2.38. The summed E-state index contributed by atoms with van der Waals surface area (Å²) < 4.78 is 81.5. The van der Waals surface area contributed by atoms with Gasteiger partial charge >= 0.3 is 12.4 Å². The van der Waals surface area contributed by atoms with Gasteiger partial charge < -0.3 is 0 Å². The molecule has 0 amide bonds. The molecule has 0 saturated heterocycles. The average Bonchev–Trinajstić information content (AvgIpc) is 3.09. The van der Waals surface area contributed by atoms with Gasteiger partial charge in [-0.25, -0.2) is 4.68 Å². The Kier molecular flexibility index (Phi) is 5.70. The van der Waals surface area contributed by atoms with E-state index in [2.05, 4.69) is 15.5 Å². The lowest BCUT2D eigenvalue weighted by Crippen LogP contribution is -2.31. The number of fused-ring (bicyclic) bond motifs is 1. The molecule has 170 valence electrons. The van der Waals surface area contributed by atoms with Crippen LogP contribution in [0.3, 0.4) is 0 Å². The molecule has 0 radical (unpaired) electrons. The first kappa shape index (κ1) is 22.3. The zero-order valence-corrected chi connectivity index (χ0v) is 17.0. The second kappa shape index (κ2) is 8.19. The Bertz CT molecular complexity index is 1070. The molecule has 5 nitrogen and oxygen atoms in total. The predicted molar refractivity (Wildman–Crippen MR) is 102 cm³/mol. The van der Waals surface area contributed by atoms with Crippen molar-refractivity contribution in [1.29, 1.82) is 0 Å². The molecule has 0 spiro atoms. The van der Waals surface area contributed by atoms with E-state index in [9.17, 15) is 26.3 Å². The fraction of sp³-hybridized carbons (Fsp3) is 0.381. The largest absolute Gasteiger partial charge is 0.416 e. The van der Waals surface area contributed by atoms with Crippen LogP contribution >= 0.6 is 0 Å². The molecule has 2 aromatic carbocycles. The smallest absolute Gasteiger partial charge is 0.285 e. The summed E-state index contributed by atoms with van der Waals surface area (Å²) in [6.45, 7) is 2.69. The van der Waals surface area contributed by atoms with Crippen molar-refractivity contribution in [2.75, 3.05) is 6.54 Å². The van der Waals surface area contributed by atoms with E-state index in [4.69, 9.17) is 0 Å². The van der Waals surface area contributed by atoms with Crippen LogP contribution in [0.5, 0.6) is 0 Å². The highest BCUT2D eigenvalue weighted by Gasteiger charge is 2.38. The summed E-state index contributed by atoms with van der Waals surface area (Å²) in [4.78, 5) is 1.83. The molecule has 11 heteroatoms. The topological polar surface area (TPSA) is 46.8 Å². The first-order valence-electron chi connectivity index (χ1n) is 9.88. The maximum absolute atomic E-state index is 13.3. The Morgan fingerprint density at radius 2 is 1.59 bits per heavy atom. The molecule has 3 aromatic rings. The van der Waals surface area contributed by atoms with Crippen LogP contribution in [0.1, 0.15) is 46.1 Å². The van der Waals surface area contributed by atoms with Gasteiger partial charge in [-0.2, -0.15) is 26.3 Å². The summed E-state index contributed by atoms with van der Waals surface area (Å²) in [6.07, 6.45) is -9.20. The molecular weight excluding hydrogens is 436 g/mol. The molecule has 4 rings (SSSR count). The number of rotatable bonds is 3. The van der Waals surface area contributed by atoms with Crippen molar-refractivity contribution in [1.82, 2.24) is 25.1 Å². The second-order valence-electron chi connectivity index (χ2n) is 7.76. The number of nitrogens with zero attached hydrogens (tertiary/aromatic N) is 5. The third-order valence-electron chi connectivity index (χ3n) is 5.50. The number of alkyl halides is 6. The second-order valence-corrected chi connectivity index (χ2v) is 7.76. The van der Waals surface area contributed by atoms with Crippen LogP contribution in [0.2, 0.25) is 0 Å². The molecule has 1 atom stereocenters. The van der Waals surface area contributed by atoms with Crippen molar-refractivity contribution in [3.8, 4) is 0 Å². The summed E-state index contributed by atoms with van der Waals surface area (Å²) in [7, 11) is 0. The summed E-state index contributed by atoms with van der Waals surface area (Å²) in [5.41, 5.74) is -0.969. The fourth-order valence-corrected chi connectivity index (χ4v) is 4.03. The summed E-state index contributed by atoms with van der Waals surface area (Å²) in [6, 6.07) is 8.61. The molecule has 0 fully saturated rings. The SMILES string of the molecule is Cc1ccccc1C1c2nnnn2CCCN1Cc1cc(C(F)(F)F)cc(C(F)(F)F)c1. The van der Waals surface area contributed by atoms with Crippen LogP contribution in [0.25, 0.3) is 0 Å². The van der Waals surface area contributed by atoms with E-state index in [0.29, 0.717) is 25.3 Å². The normalized spacial score (nSPS) is 17.8. The van der Waals surface area contributed by atoms with Crippen LogP contribution < -0.4 is 0 Å². The quantitative estimate of drug-likeness (QED) is 0.521. The maximum Gasteiger partial charge on any atom is 0.416 e. The van der Waals surface area contributed by atoms with Gasteiger partial charge in [-0.15, -0.1) is 5.10 Å². The third kappa shape index (κ3) is 4.47. The van der Waals surface area contributed by atoms with Crippen molar-refractivity contribution in [3.63, 3.8) is 0 Å². The third-order valence-corrected chi connectivity index (χ3v) is 5.50. The summed E-state index contributed by atoms with van der Waals surface area (Å²) in [5, 5.41) is 11.8. The molecule has 0 saturated carbocycles. The van der Waals surface area contributed by atoms with Gasteiger partial charge in [-0.3, -0.25) is 4.90 Å². The maximum atomic E-state index is 13.3. The minimum atomic E-state index is -4.89. The molecule has 1 unspecified atom stereocenters. The lowest BCUT2D eigenvalue weighted by molar-refractivity contribution is -0.143. The van der Waals surface area contributed by atoms with Gasteiger partial charge in [0, 0.05) is 19.6 Å². The number of halogens is 6. The molecule has 1 aromatic heterocycles. The number of benzene rings is 2. The first-order chi connectivity index (χ1) is 15.0. The summed E-state index contributed by atoms with van der Waals surface area (Å²) >= 11 is 0. The van der Waals surface area contributed by atoms with Crippen LogP contribution in [-0.4, -0.2) is 31.7 Å². The van der Waals surface area contributed by atoms with Crippen molar-refractivity contribution in [3.05, 3.63) is 76.1 Å². The highest BCUT2D eigenvalue weighted by atomic mass is 19.4. The number of aromatic nitrogens is 4. The number of aryl methyl sites for hydroxylation is 2. The van der Waals surface area contributed by atoms with Crippen molar-refractivity contribution in [2.24, 2.45) is 0 Å². The van der Waals surface area contributed by atoms with Gasteiger partial charge in [-0.1, -0.05) is 24.3 Å². The van der Waals surface area contributed by atoms with E-state index in [1.54, 1.807) is 4.68 Å². The van der Waals surface area contributed by atoms with Gasteiger partial charge in [0.25, 0.3) is 0 Å². The van der Waals surface area contributed by atoms with E-state index in [-0.39, 0.29) is 18.2 Å². The Morgan fingerprint density at radius 1 is 0.938 bits per heavy atom. The number of hydrogen-bond donors (Lipinski definition) is 0. The Morgan fingerprint density at radius 3 is 2.22 bits per heavy atom. The lowest BCUT2D eigenvalue weighted by atomic mass is 9.98. The Labute approximate surface area is 179 Å². The van der Waals surface area contributed by atoms with Crippen LogP contribution in [0.15, 0.2) is 42.5 Å². The van der Waals surface area contributed by atoms with Crippen LogP contribution in [0, 0.1) is 6.92 Å². The minimum absolute atomic E-state index is 0.0772. The monoisotopic (exact) mass is 455 g/mol. The van der Waals surface area contributed by atoms with E-state index in [0.717, 1.165) is 23.3 Å². The van der Waals surface area contributed by atoms with Gasteiger partial charge in [0.15, 0.2) is 5.82 Å². The van der Waals surface area contributed by atoms with Crippen molar-refractivity contribution in [2.45, 2.75) is 44.8 Å². The zero-order valence-electron chi connectivity index (χ0n) is 17.0. The number of tetrazole rings is 1. The summed E-state index contributed by atoms with van der Waals surface area (Å²) in [5.74, 6) is 0.500. The molecule has 0 bridgehead atoms. The predicted octanol–water partition coefficient (Wildman–Crippen LogP) is 5.01. The Balaban J connectivity index is 1.79. The van der Waals surface area contributed by atoms with Crippen LogP contribution in [-0.2, 0) is 25.4 Å².